The maximum absolute atomic E-state index is 11.8. The van der Waals surface area contributed by atoms with Crippen LogP contribution in [0.1, 0.15) is 0 Å². The van der Waals surface area contributed by atoms with Gasteiger partial charge in [-0.2, -0.15) is 0 Å². The van der Waals surface area contributed by atoms with Crippen molar-refractivity contribution in [3.63, 3.8) is 0 Å². The van der Waals surface area contributed by atoms with Crippen LogP contribution >= 0.6 is 0 Å². The molecule has 0 radical (unpaired) electrons. The Kier molecular flexibility index (Phi) is 3.09. The number of pyridine rings is 1. The van der Waals surface area contributed by atoms with Gasteiger partial charge in [-0.3, -0.25) is 4.79 Å². The van der Waals surface area contributed by atoms with Crippen molar-refractivity contribution in [3.8, 4) is 28.1 Å². The van der Waals surface area contributed by atoms with E-state index in [1.165, 1.54) is 0 Å². The van der Waals surface area contributed by atoms with Crippen LogP contribution in [0.2, 0.25) is 0 Å². The molecule has 0 amide bonds. The number of aromatic amines is 1. The Labute approximate surface area is 116 Å². The maximum Gasteiger partial charge on any atom is 0.249 e. The van der Waals surface area contributed by atoms with Crippen LogP contribution in [0.5, 0.6) is 5.75 Å². The van der Waals surface area contributed by atoms with Gasteiger partial charge in [0.25, 0.3) is 0 Å². The standard InChI is InChI=1S/C17H13NO2/c19-15-8-6-12(7-9-15)14-10-16(18-17(20)11-14)13-4-2-1-3-5-13/h1-11,19H,(H,18,20). The largest absolute Gasteiger partial charge is 0.508 e. The van der Waals surface area contributed by atoms with Crippen molar-refractivity contribution in [2.24, 2.45) is 0 Å². The molecule has 0 aliphatic heterocycles. The molecule has 0 unspecified atom stereocenters. The van der Waals surface area contributed by atoms with Crippen LogP contribution in [-0.4, -0.2) is 10.1 Å². The second kappa shape index (κ2) is 5.05. The molecule has 3 aromatic rings. The maximum atomic E-state index is 11.8. The highest BCUT2D eigenvalue weighted by molar-refractivity contribution is 5.70. The van der Waals surface area contributed by atoms with Gasteiger partial charge in [0, 0.05) is 11.8 Å². The first-order chi connectivity index (χ1) is 9.72. The number of H-pyrrole nitrogens is 1. The Bertz CT molecular complexity index is 774. The molecule has 0 aliphatic rings. The predicted octanol–water partition coefficient (Wildman–Crippen LogP) is 3.41. The molecule has 0 bridgehead atoms. The van der Waals surface area contributed by atoms with Crippen molar-refractivity contribution in [2.45, 2.75) is 0 Å². The number of benzene rings is 2. The zero-order valence-electron chi connectivity index (χ0n) is 10.7. The number of phenolic OH excluding ortho intramolecular Hbond substituents is 1. The fourth-order valence-electron chi connectivity index (χ4n) is 2.14. The van der Waals surface area contributed by atoms with Gasteiger partial charge in [-0.15, -0.1) is 0 Å². The van der Waals surface area contributed by atoms with Crippen molar-refractivity contribution >= 4 is 0 Å². The summed E-state index contributed by atoms with van der Waals surface area (Å²) in [5.74, 6) is 0.210. The average Bonchev–Trinajstić information content (AvgIpc) is 2.48. The molecule has 0 fully saturated rings. The fraction of sp³-hybridized carbons (Fsp3) is 0. The Hall–Kier alpha value is -2.81. The van der Waals surface area contributed by atoms with Crippen LogP contribution in [-0.2, 0) is 0 Å². The fourth-order valence-corrected chi connectivity index (χ4v) is 2.14. The van der Waals surface area contributed by atoms with Crippen LogP contribution < -0.4 is 5.56 Å². The molecule has 1 aromatic heterocycles. The molecule has 20 heavy (non-hydrogen) atoms. The summed E-state index contributed by atoms with van der Waals surface area (Å²) >= 11 is 0. The summed E-state index contributed by atoms with van der Waals surface area (Å²) in [6.07, 6.45) is 0. The summed E-state index contributed by atoms with van der Waals surface area (Å²) in [7, 11) is 0. The van der Waals surface area contributed by atoms with Gasteiger partial charge in [0.05, 0.1) is 0 Å². The average molecular weight is 263 g/mol. The normalized spacial score (nSPS) is 10.4. The quantitative estimate of drug-likeness (QED) is 0.744. The summed E-state index contributed by atoms with van der Waals surface area (Å²) in [6, 6.07) is 20.0. The van der Waals surface area contributed by atoms with Crippen molar-refractivity contribution in [1.29, 1.82) is 0 Å². The van der Waals surface area contributed by atoms with Crippen molar-refractivity contribution < 1.29 is 5.11 Å². The van der Waals surface area contributed by atoms with E-state index in [0.29, 0.717) is 0 Å². The molecular weight excluding hydrogens is 250 g/mol. The summed E-state index contributed by atoms with van der Waals surface area (Å²) in [6.45, 7) is 0. The zero-order chi connectivity index (χ0) is 13.9. The van der Waals surface area contributed by atoms with E-state index in [1.807, 2.05) is 36.4 Å². The molecule has 0 atom stereocenters. The van der Waals surface area contributed by atoms with Crippen LogP contribution in [0.4, 0.5) is 0 Å². The number of rotatable bonds is 2. The first-order valence-electron chi connectivity index (χ1n) is 6.31. The number of aromatic hydroxyl groups is 1. The third kappa shape index (κ3) is 2.47. The van der Waals surface area contributed by atoms with Gasteiger partial charge in [-0.05, 0) is 34.9 Å². The minimum atomic E-state index is -0.144. The predicted molar refractivity (Wildman–Crippen MR) is 79.6 cm³/mol. The van der Waals surface area contributed by atoms with E-state index in [4.69, 9.17) is 0 Å². The molecule has 2 aromatic carbocycles. The molecule has 1 heterocycles. The van der Waals surface area contributed by atoms with E-state index < -0.39 is 0 Å². The van der Waals surface area contributed by atoms with Gasteiger partial charge >= 0.3 is 0 Å². The van der Waals surface area contributed by atoms with Crippen LogP contribution in [0.15, 0.2) is 71.5 Å². The van der Waals surface area contributed by atoms with Crippen molar-refractivity contribution in [3.05, 3.63) is 77.1 Å². The van der Waals surface area contributed by atoms with E-state index >= 15 is 0 Å². The summed E-state index contributed by atoms with van der Waals surface area (Å²) in [4.78, 5) is 14.7. The lowest BCUT2D eigenvalue weighted by molar-refractivity contribution is 0.475. The Morgan fingerprint density at radius 2 is 1.45 bits per heavy atom. The molecule has 2 N–H and O–H groups in total. The van der Waals surface area contributed by atoms with E-state index in [1.54, 1.807) is 30.3 Å². The first kappa shape index (κ1) is 12.2. The van der Waals surface area contributed by atoms with Gasteiger partial charge < -0.3 is 10.1 Å². The van der Waals surface area contributed by atoms with Gasteiger partial charge in [0.2, 0.25) is 5.56 Å². The Balaban J connectivity index is 2.12. The minimum Gasteiger partial charge on any atom is -0.508 e. The molecule has 3 rings (SSSR count). The lowest BCUT2D eigenvalue weighted by Gasteiger charge is -2.06. The molecule has 98 valence electrons. The highest BCUT2D eigenvalue weighted by atomic mass is 16.3. The summed E-state index contributed by atoms with van der Waals surface area (Å²) < 4.78 is 0. The number of hydrogen-bond acceptors (Lipinski definition) is 2. The Morgan fingerprint density at radius 3 is 2.15 bits per heavy atom. The molecule has 0 spiro atoms. The van der Waals surface area contributed by atoms with Crippen molar-refractivity contribution in [2.75, 3.05) is 0 Å². The van der Waals surface area contributed by atoms with Gasteiger partial charge in [-0.25, -0.2) is 0 Å². The SMILES string of the molecule is O=c1cc(-c2ccc(O)cc2)cc(-c2ccccc2)[nH]1. The van der Waals surface area contributed by atoms with Gasteiger partial charge in [0.15, 0.2) is 0 Å². The highest BCUT2D eigenvalue weighted by Gasteiger charge is 2.04. The van der Waals surface area contributed by atoms with Gasteiger partial charge in [-0.1, -0.05) is 42.5 Å². The van der Waals surface area contributed by atoms with Crippen LogP contribution in [0.3, 0.4) is 0 Å². The molecule has 3 nitrogen and oxygen atoms in total. The number of nitrogens with one attached hydrogen (secondary N) is 1. The lowest BCUT2D eigenvalue weighted by atomic mass is 10.0. The van der Waals surface area contributed by atoms with Crippen LogP contribution in [0.25, 0.3) is 22.4 Å². The number of phenols is 1. The third-order valence-corrected chi connectivity index (χ3v) is 3.13. The van der Waals surface area contributed by atoms with Crippen LogP contribution in [0, 0.1) is 0 Å². The van der Waals surface area contributed by atoms with Crippen molar-refractivity contribution in [1.82, 2.24) is 4.98 Å². The smallest absolute Gasteiger partial charge is 0.249 e. The first-order valence-corrected chi connectivity index (χ1v) is 6.31. The third-order valence-electron chi connectivity index (χ3n) is 3.13. The number of aromatic nitrogens is 1. The summed E-state index contributed by atoms with van der Waals surface area (Å²) in [5, 5.41) is 9.32. The monoisotopic (exact) mass is 263 g/mol. The lowest BCUT2D eigenvalue weighted by Crippen LogP contribution is -2.05. The van der Waals surface area contributed by atoms with Gasteiger partial charge in [0.1, 0.15) is 5.75 Å². The topological polar surface area (TPSA) is 53.1 Å². The highest BCUT2D eigenvalue weighted by Crippen LogP contribution is 2.24. The Morgan fingerprint density at radius 1 is 0.750 bits per heavy atom. The van der Waals surface area contributed by atoms with E-state index in [-0.39, 0.29) is 11.3 Å². The molecule has 0 saturated heterocycles. The van der Waals surface area contributed by atoms with E-state index in [0.717, 1.165) is 22.4 Å². The molecule has 0 aliphatic carbocycles. The molecule has 3 heteroatoms. The number of hydrogen-bond donors (Lipinski definition) is 2. The second-order valence-electron chi connectivity index (χ2n) is 4.56. The van der Waals surface area contributed by atoms with E-state index in [9.17, 15) is 9.90 Å². The molecule has 0 saturated carbocycles. The zero-order valence-corrected chi connectivity index (χ0v) is 10.7. The molecular formula is C17H13NO2. The second-order valence-corrected chi connectivity index (χ2v) is 4.56. The summed E-state index contributed by atoms with van der Waals surface area (Å²) in [5.41, 5.74) is 3.32. The van der Waals surface area contributed by atoms with E-state index in [2.05, 4.69) is 4.98 Å². The minimum absolute atomic E-state index is 0.144.